The molecule has 0 aromatic rings. The van der Waals surface area contributed by atoms with Gasteiger partial charge in [0.15, 0.2) is 0 Å². The van der Waals surface area contributed by atoms with Gasteiger partial charge in [0.25, 0.3) is 5.67 Å². The second-order valence-corrected chi connectivity index (χ2v) is 2.37. The van der Waals surface area contributed by atoms with Gasteiger partial charge in [-0.1, -0.05) is 0 Å². The number of halogens is 9. The molecule has 0 aromatic heterocycles. The molecule has 0 saturated heterocycles. The Kier molecular flexibility index (Phi) is 2.80. The van der Waals surface area contributed by atoms with Crippen LogP contribution in [0.25, 0.3) is 0 Å². The van der Waals surface area contributed by atoms with Gasteiger partial charge in [0, 0.05) is 6.92 Å². The summed E-state index contributed by atoms with van der Waals surface area (Å²) in [6.07, 6.45) is -13.1. The fourth-order valence-electron chi connectivity index (χ4n) is 0.403. The summed E-state index contributed by atoms with van der Waals surface area (Å²) >= 11 is 0. The molecule has 1 radical (unpaired) electrons. The highest BCUT2D eigenvalue weighted by Gasteiger charge is 2.78. The van der Waals surface area contributed by atoms with Crippen LogP contribution in [0.2, 0.25) is 0 Å². The van der Waals surface area contributed by atoms with Crippen molar-refractivity contribution >= 4 is 0 Å². The molecule has 0 fully saturated rings. The molecule has 0 bridgehead atoms. The van der Waals surface area contributed by atoms with Crippen molar-refractivity contribution in [2.45, 2.75) is 23.9 Å². The van der Waals surface area contributed by atoms with Crippen LogP contribution in [0.5, 0.6) is 0 Å². The molecule has 1 atom stereocenters. The summed E-state index contributed by atoms with van der Waals surface area (Å²) in [5, 5.41) is 0. The maximum atomic E-state index is 12.2. The Morgan fingerprint density at radius 3 is 0.929 bits per heavy atom. The molecule has 0 aromatic carbocycles. The average Bonchev–Trinajstić information content (AvgIpc) is 1.81. The van der Waals surface area contributed by atoms with Crippen LogP contribution in [0.1, 0.15) is 0 Å². The van der Waals surface area contributed by atoms with Crippen molar-refractivity contribution in [3.8, 4) is 0 Å². The summed E-state index contributed by atoms with van der Waals surface area (Å²) in [4.78, 5) is 0. The summed E-state index contributed by atoms with van der Waals surface area (Å²) in [6, 6.07) is 0. The zero-order valence-electron chi connectivity index (χ0n) is 6.11. The Labute approximate surface area is 71.7 Å². The number of hydrogen-bond acceptors (Lipinski definition) is 0. The van der Waals surface area contributed by atoms with E-state index in [-0.39, 0.29) is 0 Å². The van der Waals surface area contributed by atoms with Crippen LogP contribution in [-0.4, -0.2) is 23.9 Å². The fraction of sp³-hybridized carbons (Fsp3) is 0.800. The van der Waals surface area contributed by atoms with Crippen molar-refractivity contribution in [1.29, 1.82) is 0 Å². The molecule has 9 heteroatoms. The van der Waals surface area contributed by atoms with E-state index in [1.807, 2.05) is 0 Å². The van der Waals surface area contributed by atoms with E-state index >= 15 is 0 Å². The van der Waals surface area contributed by atoms with Gasteiger partial charge in [-0.3, -0.25) is 0 Å². The van der Waals surface area contributed by atoms with Gasteiger partial charge < -0.3 is 0 Å². The highest BCUT2D eigenvalue weighted by Crippen LogP contribution is 2.51. The third-order valence-electron chi connectivity index (χ3n) is 1.30. The monoisotopic (exact) mass is 233 g/mol. The van der Waals surface area contributed by atoms with Gasteiger partial charge in [-0.2, -0.15) is 35.1 Å². The van der Waals surface area contributed by atoms with Crippen molar-refractivity contribution in [2.75, 3.05) is 0 Å². The van der Waals surface area contributed by atoms with E-state index in [2.05, 4.69) is 0 Å². The summed E-state index contributed by atoms with van der Waals surface area (Å²) in [6.45, 7) is 1.22. The Balaban J connectivity index is 5.30. The van der Waals surface area contributed by atoms with Crippen LogP contribution < -0.4 is 0 Å². The lowest BCUT2D eigenvalue weighted by Crippen LogP contribution is -2.60. The van der Waals surface area contributed by atoms with E-state index in [0.29, 0.717) is 0 Å². The minimum atomic E-state index is -6.65. The Bertz CT molecular complexity index is 182. The van der Waals surface area contributed by atoms with Crippen LogP contribution in [0.4, 0.5) is 39.5 Å². The quantitative estimate of drug-likeness (QED) is 0.609. The van der Waals surface area contributed by atoms with Crippen LogP contribution >= 0.6 is 0 Å². The molecule has 0 nitrogen and oxygen atoms in total. The van der Waals surface area contributed by atoms with Crippen molar-refractivity contribution in [2.24, 2.45) is 0 Å². The van der Waals surface area contributed by atoms with Crippen molar-refractivity contribution in [3.63, 3.8) is 0 Å². The number of alkyl halides is 9. The zero-order valence-corrected chi connectivity index (χ0v) is 6.11. The normalized spacial score (nSPS) is 19.3. The molecule has 0 saturated carbocycles. The smallest absolute Gasteiger partial charge is 0.227 e. The molecule has 0 N–H and O–H groups in total. The third kappa shape index (κ3) is 1.76. The average molecular weight is 233 g/mol. The van der Waals surface area contributed by atoms with E-state index in [4.69, 9.17) is 0 Å². The van der Waals surface area contributed by atoms with Gasteiger partial charge in [0.05, 0.1) is 0 Å². The van der Waals surface area contributed by atoms with Gasteiger partial charge >= 0.3 is 18.3 Å². The maximum Gasteiger partial charge on any atom is 0.457 e. The lowest BCUT2D eigenvalue weighted by atomic mass is 9.99. The first kappa shape index (κ1) is 13.4. The van der Waals surface area contributed by atoms with Crippen LogP contribution in [0.3, 0.4) is 0 Å². The highest BCUT2D eigenvalue weighted by atomic mass is 19.4. The van der Waals surface area contributed by atoms with Crippen LogP contribution in [-0.2, 0) is 0 Å². The Morgan fingerprint density at radius 1 is 0.571 bits per heavy atom. The van der Waals surface area contributed by atoms with E-state index in [9.17, 15) is 39.5 Å². The van der Waals surface area contributed by atoms with Crippen molar-refractivity contribution in [3.05, 3.63) is 6.92 Å². The molecule has 0 amide bonds. The first-order valence-electron chi connectivity index (χ1n) is 2.80. The van der Waals surface area contributed by atoms with Crippen molar-refractivity contribution in [1.82, 2.24) is 0 Å². The SMILES string of the molecule is [CH2]C(F)(C(F)(F)F)C(F)(F)C(F)(F)F. The molecular weight excluding hydrogens is 231 g/mol. The van der Waals surface area contributed by atoms with Gasteiger partial charge in [-0.05, 0) is 0 Å². The van der Waals surface area contributed by atoms with Gasteiger partial charge in [0.1, 0.15) is 0 Å². The molecule has 0 rings (SSSR count). The molecule has 14 heavy (non-hydrogen) atoms. The second kappa shape index (κ2) is 2.93. The van der Waals surface area contributed by atoms with E-state index in [1.165, 1.54) is 6.92 Å². The standard InChI is InChI=1S/C5H2F9/c1-2(6,4(9,10)11)3(7,8)5(12,13)14/h1H2. The third-order valence-corrected chi connectivity index (χ3v) is 1.30. The summed E-state index contributed by atoms with van der Waals surface area (Å²) < 4.78 is 104. The minimum Gasteiger partial charge on any atom is -0.227 e. The highest BCUT2D eigenvalue weighted by molar-refractivity contribution is 5.05. The molecule has 85 valence electrons. The maximum absolute atomic E-state index is 12.2. The number of hydrogen-bond donors (Lipinski definition) is 0. The molecule has 0 heterocycles. The van der Waals surface area contributed by atoms with Gasteiger partial charge in [-0.25, -0.2) is 4.39 Å². The first-order chi connectivity index (χ1) is 5.75. The largest absolute Gasteiger partial charge is 0.457 e. The Morgan fingerprint density at radius 2 is 0.857 bits per heavy atom. The van der Waals surface area contributed by atoms with E-state index in [0.717, 1.165) is 0 Å². The molecule has 0 spiro atoms. The van der Waals surface area contributed by atoms with Crippen LogP contribution in [0, 0.1) is 6.92 Å². The Hall–Kier alpha value is -0.630. The molecule has 0 aliphatic carbocycles. The zero-order chi connectivity index (χ0) is 12.0. The lowest BCUT2D eigenvalue weighted by Gasteiger charge is -2.32. The molecule has 1 unspecified atom stereocenters. The topological polar surface area (TPSA) is 0 Å². The number of rotatable bonds is 1. The summed E-state index contributed by atoms with van der Waals surface area (Å²) in [7, 11) is 0. The molecule has 0 aliphatic heterocycles. The van der Waals surface area contributed by atoms with Gasteiger partial charge in [0.2, 0.25) is 0 Å². The minimum absolute atomic E-state index is 1.22. The van der Waals surface area contributed by atoms with Gasteiger partial charge in [-0.15, -0.1) is 0 Å². The lowest BCUT2D eigenvalue weighted by molar-refractivity contribution is -0.370. The summed E-state index contributed by atoms with van der Waals surface area (Å²) in [5.74, 6) is -6.59. The predicted octanol–water partition coefficient (Wildman–Crippen LogP) is 3.29. The second-order valence-electron chi connectivity index (χ2n) is 2.37. The van der Waals surface area contributed by atoms with E-state index < -0.39 is 23.9 Å². The molecular formula is C5H2F9. The summed E-state index contributed by atoms with van der Waals surface area (Å²) in [5.41, 5.74) is -5.89. The fourth-order valence-corrected chi connectivity index (χ4v) is 0.403. The van der Waals surface area contributed by atoms with Crippen LogP contribution in [0.15, 0.2) is 0 Å². The van der Waals surface area contributed by atoms with Crippen molar-refractivity contribution < 1.29 is 39.5 Å². The first-order valence-corrected chi connectivity index (χ1v) is 2.80. The molecule has 0 aliphatic rings. The predicted molar refractivity (Wildman–Crippen MR) is 26.3 cm³/mol. The van der Waals surface area contributed by atoms with E-state index in [1.54, 1.807) is 0 Å².